The van der Waals surface area contributed by atoms with Crippen LogP contribution in [0.5, 0.6) is 0 Å². The van der Waals surface area contributed by atoms with Gasteiger partial charge in [-0.3, -0.25) is 19.7 Å². The fourth-order valence-electron chi connectivity index (χ4n) is 3.57. The van der Waals surface area contributed by atoms with E-state index in [9.17, 15) is 4.79 Å². The summed E-state index contributed by atoms with van der Waals surface area (Å²) in [5.41, 5.74) is 6.39. The van der Waals surface area contributed by atoms with E-state index < -0.39 is 0 Å². The van der Waals surface area contributed by atoms with Crippen molar-refractivity contribution in [3.8, 4) is 11.3 Å². The molecule has 8 nitrogen and oxygen atoms in total. The third kappa shape index (κ3) is 5.25. The molecule has 0 unspecified atom stereocenters. The van der Waals surface area contributed by atoms with Crippen molar-refractivity contribution >= 4 is 36.3 Å². The molecule has 9 heteroatoms. The molecule has 0 fully saturated rings. The topological polar surface area (TPSA) is 106 Å². The summed E-state index contributed by atoms with van der Waals surface area (Å²) in [6, 6.07) is 9.60. The Morgan fingerprint density at radius 3 is 2.55 bits per heavy atom. The van der Waals surface area contributed by atoms with Gasteiger partial charge in [0.15, 0.2) is 0 Å². The summed E-state index contributed by atoms with van der Waals surface area (Å²) in [4.78, 5) is 34.5. The Morgan fingerprint density at radius 1 is 1.00 bits per heavy atom. The van der Waals surface area contributed by atoms with E-state index in [0.717, 1.165) is 39.5 Å². The number of nitrogens with one attached hydrogen (secondary N) is 2. The Morgan fingerprint density at radius 2 is 1.82 bits per heavy atom. The van der Waals surface area contributed by atoms with Gasteiger partial charge in [0, 0.05) is 54.9 Å². The number of hydrogen-bond acceptors (Lipinski definition) is 7. The predicted octanol–water partition coefficient (Wildman–Crippen LogP) is 3.79. The molecule has 0 aromatic carbocycles. The largest absolute Gasteiger partial charge is 0.369 e. The van der Waals surface area contributed by atoms with E-state index in [1.807, 2.05) is 44.3 Å². The molecule has 4 aromatic rings. The zero-order valence-electron chi connectivity index (χ0n) is 19.0. The Kier molecular flexibility index (Phi) is 7.55. The van der Waals surface area contributed by atoms with E-state index in [4.69, 9.17) is 0 Å². The van der Waals surface area contributed by atoms with E-state index >= 15 is 0 Å². The first-order valence-corrected chi connectivity index (χ1v) is 10.4. The molecule has 4 heterocycles. The van der Waals surface area contributed by atoms with E-state index in [1.54, 1.807) is 25.6 Å². The lowest BCUT2D eigenvalue weighted by Crippen LogP contribution is -2.19. The van der Waals surface area contributed by atoms with Gasteiger partial charge in [0.25, 0.3) is 5.91 Å². The zero-order valence-corrected chi connectivity index (χ0v) is 20.0. The van der Waals surface area contributed by atoms with Crippen LogP contribution in [0.4, 0.5) is 5.82 Å². The minimum Gasteiger partial charge on any atom is -0.369 e. The number of nitrogens with zero attached hydrogens (tertiary/aromatic N) is 5. The summed E-state index contributed by atoms with van der Waals surface area (Å²) < 4.78 is 0. The van der Waals surface area contributed by atoms with Crippen molar-refractivity contribution in [3.05, 3.63) is 71.6 Å². The van der Waals surface area contributed by atoms with Gasteiger partial charge in [-0.1, -0.05) is 6.92 Å². The summed E-state index contributed by atoms with van der Waals surface area (Å²) >= 11 is 0. The van der Waals surface area contributed by atoms with Crippen molar-refractivity contribution in [2.24, 2.45) is 0 Å². The second-order valence-corrected chi connectivity index (χ2v) is 7.75. The highest BCUT2D eigenvalue weighted by atomic mass is 32.1. The van der Waals surface area contributed by atoms with Gasteiger partial charge in [0.2, 0.25) is 0 Å². The fourth-order valence-corrected chi connectivity index (χ4v) is 3.57. The third-order valence-corrected chi connectivity index (χ3v) is 5.32. The monoisotopic (exact) mass is 461 g/mol. The van der Waals surface area contributed by atoms with Crippen LogP contribution in [0.1, 0.15) is 40.2 Å². The third-order valence-electron chi connectivity index (χ3n) is 5.32. The molecule has 0 radical (unpaired) electrons. The normalized spacial score (nSPS) is 11.5. The highest BCUT2D eigenvalue weighted by Crippen LogP contribution is 2.26. The maximum atomic E-state index is 12.3. The number of pyridine rings is 3. The Labute approximate surface area is 199 Å². The van der Waals surface area contributed by atoms with Crippen LogP contribution in [-0.4, -0.2) is 44.4 Å². The standard InChI is InChI=1S/C24H25N7O.H2S/c1-14(11-28-21-10-20(29-13-30-21)17-6-5-15(2)27-12-17)18-7-8-26-22-19(24(32)25-4)9-16(3)31-23(18)22;/h5-10,12-14H,11H2,1-4H3,(H,25,32)(H,28,29,30);1H2/t14-;/m1./s1. The van der Waals surface area contributed by atoms with Gasteiger partial charge in [0.05, 0.1) is 16.8 Å². The van der Waals surface area contributed by atoms with Crippen LogP contribution in [0, 0.1) is 13.8 Å². The van der Waals surface area contributed by atoms with Crippen LogP contribution in [0.3, 0.4) is 0 Å². The number of hydrogen-bond donors (Lipinski definition) is 2. The van der Waals surface area contributed by atoms with E-state index in [-0.39, 0.29) is 25.3 Å². The lowest BCUT2D eigenvalue weighted by molar-refractivity contribution is 0.0964. The Balaban J connectivity index is 0.00000306. The highest BCUT2D eigenvalue weighted by molar-refractivity contribution is 7.59. The maximum Gasteiger partial charge on any atom is 0.253 e. The number of anilines is 1. The van der Waals surface area contributed by atoms with Gasteiger partial charge in [0.1, 0.15) is 17.7 Å². The predicted molar refractivity (Wildman–Crippen MR) is 135 cm³/mol. The van der Waals surface area contributed by atoms with Crippen LogP contribution in [-0.2, 0) is 0 Å². The van der Waals surface area contributed by atoms with E-state index in [0.29, 0.717) is 17.6 Å². The fraction of sp³-hybridized carbons (Fsp3) is 0.250. The quantitative estimate of drug-likeness (QED) is 0.450. The molecule has 0 aliphatic rings. The summed E-state index contributed by atoms with van der Waals surface area (Å²) in [6.45, 7) is 6.58. The van der Waals surface area contributed by atoms with E-state index in [2.05, 4.69) is 42.5 Å². The number of aryl methyl sites for hydroxylation is 2. The van der Waals surface area contributed by atoms with Gasteiger partial charge in [-0.25, -0.2) is 9.97 Å². The lowest BCUT2D eigenvalue weighted by atomic mass is 9.98. The number of carbonyl (C=O) groups is 1. The molecule has 33 heavy (non-hydrogen) atoms. The smallest absolute Gasteiger partial charge is 0.253 e. The summed E-state index contributed by atoms with van der Waals surface area (Å²) in [5, 5.41) is 6.07. The Hall–Kier alpha value is -3.59. The van der Waals surface area contributed by atoms with Crippen molar-refractivity contribution in [2.75, 3.05) is 18.9 Å². The number of carbonyl (C=O) groups excluding carboxylic acids is 1. The van der Waals surface area contributed by atoms with Gasteiger partial charge >= 0.3 is 0 Å². The minimum absolute atomic E-state index is 0. The molecule has 0 bridgehead atoms. The van der Waals surface area contributed by atoms with Crippen LogP contribution < -0.4 is 10.6 Å². The Bertz CT molecular complexity index is 1280. The van der Waals surface area contributed by atoms with Gasteiger partial charge in [-0.05, 0) is 43.7 Å². The average Bonchev–Trinajstić information content (AvgIpc) is 2.81. The van der Waals surface area contributed by atoms with Crippen molar-refractivity contribution in [2.45, 2.75) is 26.7 Å². The van der Waals surface area contributed by atoms with Gasteiger partial charge < -0.3 is 10.6 Å². The first-order valence-electron chi connectivity index (χ1n) is 10.4. The number of rotatable bonds is 6. The maximum absolute atomic E-state index is 12.3. The molecule has 0 saturated heterocycles. The van der Waals surface area contributed by atoms with Crippen molar-refractivity contribution in [1.29, 1.82) is 0 Å². The molecule has 1 atom stereocenters. The number of aromatic nitrogens is 5. The average molecular weight is 462 g/mol. The van der Waals surface area contributed by atoms with Crippen molar-refractivity contribution < 1.29 is 4.79 Å². The van der Waals surface area contributed by atoms with E-state index in [1.165, 1.54) is 0 Å². The minimum atomic E-state index is -0.171. The van der Waals surface area contributed by atoms with Crippen molar-refractivity contribution in [3.63, 3.8) is 0 Å². The second kappa shape index (κ2) is 10.4. The van der Waals surface area contributed by atoms with Crippen LogP contribution in [0.25, 0.3) is 22.3 Å². The summed E-state index contributed by atoms with van der Waals surface area (Å²) in [6.07, 6.45) is 5.08. The van der Waals surface area contributed by atoms with Crippen LogP contribution in [0.2, 0.25) is 0 Å². The van der Waals surface area contributed by atoms with Gasteiger partial charge in [-0.2, -0.15) is 13.5 Å². The molecule has 2 N–H and O–H groups in total. The summed E-state index contributed by atoms with van der Waals surface area (Å²) in [5.74, 6) is 0.665. The van der Waals surface area contributed by atoms with Crippen molar-refractivity contribution in [1.82, 2.24) is 30.2 Å². The molecule has 0 saturated carbocycles. The molecular formula is C24H27N7OS. The molecule has 4 rings (SSSR count). The molecule has 1 amide bonds. The molecule has 4 aromatic heterocycles. The first kappa shape index (κ1) is 24.1. The second-order valence-electron chi connectivity index (χ2n) is 7.75. The molecule has 0 aliphatic heterocycles. The van der Waals surface area contributed by atoms with Crippen LogP contribution >= 0.6 is 13.5 Å². The molecular weight excluding hydrogens is 434 g/mol. The number of amides is 1. The zero-order chi connectivity index (χ0) is 22.7. The number of fused-ring (bicyclic) bond motifs is 1. The van der Waals surface area contributed by atoms with Crippen LogP contribution in [0.15, 0.2) is 49.1 Å². The SMILES string of the molecule is CNC(=O)c1cc(C)nc2c([C@H](C)CNc3cc(-c4ccc(C)nc4)ncn3)ccnc12.S. The van der Waals surface area contributed by atoms with Gasteiger partial charge in [-0.15, -0.1) is 0 Å². The summed E-state index contributed by atoms with van der Waals surface area (Å²) in [7, 11) is 1.61. The molecule has 170 valence electrons. The highest BCUT2D eigenvalue weighted by Gasteiger charge is 2.17. The lowest BCUT2D eigenvalue weighted by Gasteiger charge is -2.16. The molecule has 0 aliphatic carbocycles. The molecule has 0 spiro atoms. The first-order chi connectivity index (χ1) is 15.5.